The summed E-state index contributed by atoms with van der Waals surface area (Å²) in [5.41, 5.74) is 12.1. The normalized spacial score (nSPS) is 14.6. The molecule has 0 unspecified atom stereocenters. The number of para-hydroxylation sites is 1. The van der Waals surface area contributed by atoms with E-state index in [0.717, 1.165) is 38.9 Å². The van der Waals surface area contributed by atoms with Crippen LogP contribution in [0.2, 0.25) is 0 Å². The Morgan fingerprint density at radius 2 is 1.20 bits per heavy atom. The van der Waals surface area contributed by atoms with Crippen LogP contribution in [0.25, 0.3) is 55.8 Å². The minimum absolute atomic E-state index is 0.108. The largest absolute Gasteiger partial charge is 0.228 e. The van der Waals surface area contributed by atoms with E-state index >= 15 is 0 Å². The Hall–Kier alpha value is -5.50. The first kappa shape index (κ1) is 29.6. The van der Waals surface area contributed by atoms with Gasteiger partial charge < -0.3 is 0 Å². The van der Waals surface area contributed by atoms with Crippen LogP contribution in [-0.2, 0) is 5.41 Å². The molecule has 0 saturated heterocycles. The number of fused-ring (bicyclic) bond motifs is 5. The maximum Gasteiger partial charge on any atom is 0.160 e. The molecule has 1 fully saturated rings. The van der Waals surface area contributed by atoms with Crippen LogP contribution in [-0.4, -0.2) is 9.97 Å². The van der Waals surface area contributed by atoms with Gasteiger partial charge in [-0.3, -0.25) is 0 Å². The van der Waals surface area contributed by atoms with Gasteiger partial charge in [0.1, 0.15) is 0 Å². The zero-order valence-corrected chi connectivity index (χ0v) is 27.9. The second-order valence-electron chi connectivity index (χ2n) is 13.2. The standard InChI is InChI=1S/C45H33N3S/c46-29-30-10-8-11-33(26-30)34-12-9-13-36(27-34)43-37-14-2-4-16-40(37)47-44(48-43)32-20-18-31(19-21-32)35-22-23-42-39(28-35)45(24-6-1-7-25-45)38-15-3-5-17-41(38)49-42/h2-5,8-23,26-28H,1,6-7,24-25H2. The first-order valence-electron chi connectivity index (χ1n) is 17.1. The van der Waals surface area contributed by atoms with E-state index in [1.165, 1.54) is 64.1 Å². The Morgan fingerprint density at radius 1 is 0.531 bits per heavy atom. The average Bonchev–Trinajstić information content (AvgIpc) is 3.18. The highest BCUT2D eigenvalue weighted by Gasteiger charge is 2.41. The predicted molar refractivity (Wildman–Crippen MR) is 200 cm³/mol. The van der Waals surface area contributed by atoms with Crippen molar-refractivity contribution in [3.63, 3.8) is 0 Å². The number of aromatic nitrogens is 2. The van der Waals surface area contributed by atoms with Crippen molar-refractivity contribution >= 4 is 22.7 Å². The van der Waals surface area contributed by atoms with Crippen LogP contribution in [0.4, 0.5) is 0 Å². The van der Waals surface area contributed by atoms with Gasteiger partial charge in [0.15, 0.2) is 5.82 Å². The topological polar surface area (TPSA) is 49.6 Å². The number of nitrogens with zero attached hydrogens (tertiary/aromatic N) is 3. The molecule has 0 amide bonds. The first-order valence-corrected chi connectivity index (χ1v) is 17.9. The molecule has 0 bridgehead atoms. The maximum atomic E-state index is 9.45. The molecule has 9 rings (SSSR count). The number of benzene rings is 6. The van der Waals surface area contributed by atoms with Gasteiger partial charge in [0.25, 0.3) is 0 Å². The Kier molecular flexibility index (Phi) is 7.37. The Balaban J connectivity index is 1.09. The lowest BCUT2D eigenvalue weighted by Crippen LogP contribution is -2.33. The SMILES string of the molecule is N#Cc1cccc(-c2cccc(-c3nc(-c4ccc(-c5ccc6c(c5)C5(CCCCC5)c5ccccc5S6)cc4)nc4ccccc34)c2)c1. The first-order chi connectivity index (χ1) is 24.2. The number of rotatable bonds is 4. The second-order valence-corrected chi connectivity index (χ2v) is 14.3. The zero-order valence-electron chi connectivity index (χ0n) is 27.1. The quantitative estimate of drug-likeness (QED) is 0.191. The van der Waals surface area contributed by atoms with E-state index in [2.05, 4.69) is 109 Å². The molecule has 6 aromatic carbocycles. The van der Waals surface area contributed by atoms with Gasteiger partial charge in [0.2, 0.25) is 0 Å². The molecule has 2 aliphatic rings. The summed E-state index contributed by atoms with van der Waals surface area (Å²) < 4.78 is 0. The van der Waals surface area contributed by atoms with Crippen LogP contribution in [0, 0.1) is 11.3 Å². The summed E-state index contributed by atoms with van der Waals surface area (Å²) in [5, 5.41) is 10.5. The van der Waals surface area contributed by atoms with Crippen molar-refractivity contribution < 1.29 is 0 Å². The van der Waals surface area contributed by atoms with Crippen LogP contribution in [0.1, 0.15) is 48.8 Å². The predicted octanol–water partition coefficient (Wildman–Crippen LogP) is 11.9. The lowest BCUT2D eigenvalue weighted by molar-refractivity contribution is 0.335. The third kappa shape index (κ3) is 5.23. The minimum Gasteiger partial charge on any atom is -0.228 e. The van der Waals surface area contributed by atoms with Gasteiger partial charge in [-0.25, -0.2) is 9.97 Å². The fraction of sp³-hybridized carbons (Fsp3) is 0.133. The molecule has 1 saturated carbocycles. The monoisotopic (exact) mass is 647 g/mol. The summed E-state index contributed by atoms with van der Waals surface area (Å²) in [7, 11) is 0. The van der Waals surface area contributed by atoms with E-state index in [1.54, 1.807) is 0 Å². The van der Waals surface area contributed by atoms with Crippen LogP contribution in [0.3, 0.4) is 0 Å². The van der Waals surface area contributed by atoms with Gasteiger partial charge >= 0.3 is 0 Å². The lowest BCUT2D eigenvalue weighted by atomic mass is 9.65. The molecule has 4 heteroatoms. The van der Waals surface area contributed by atoms with E-state index in [1.807, 2.05) is 48.2 Å². The molecular weight excluding hydrogens is 615 g/mol. The molecule has 0 radical (unpaired) electrons. The van der Waals surface area contributed by atoms with Gasteiger partial charge in [-0.05, 0) is 88.7 Å². The highest BCUT2D eigenvalue weighted by molar-refractivity contribution is 7.99. The summed E-state index contributed by atoms with van der Waals surface area (Å²) in [6.07, 6.45) is 6.33. The molecule has 2 heterocycles. The minimum atomic E-state index is 0.108. The Bertz CT molecular complexity index is 2420. The van der Waals surface area contributed by atoms with Crippen molar-refractivity contribution in [2.75, 3.05) is 0 Å². The molecule has 1 aliphatic heterocycles. The highest BCUT2D eigenvalue weighted by atomic mass is 32.2. The van der Waals surface area contributed by atoms with Gasteiger partial charge in [0, 0.05) is 31.7 Å². The van der Waals surface area contributed by atoms with Crippen LogP contribution >= 0.6 is 11.8 Å². The molecule has 1 aliphatic carbocycles. The lowest BCUT2D eigenvalue weighted by Gasteiger charge is -2.43. The van der Waals surface area contributed by atoms with E-state index < -0.39 is 0 Å². The summed E-state index contributed by atoms with van der Waals surface area (Å²) in [6, 6.07) is 51.5. The molecule has 0 atom stereocenters. The van der Waals surface area contributed by atoms with E-state index in [0.29, 0.717) is 11.4 Å². The highest BCUT2D eigenvalue weighted by Crippen LogP contribution is 2.55. The molecule has 3 nitrogen and oxygen atoms in total. The van der Waals surface area contributed by atoms with Crippen molar-refractivity contribution in [3.8, 4) is 51.0 Å². The van der Waals surface area contributed by atoms with Crippen LogP contribution < -0.4 is 0 Å². The van der Waals surface area contributed by atoms with Crippen molar-refractivity contribution in [1.82, 2.24) is 9.97 Å². The van der Waals surface area contributed by atoms with Gasteiger partial charge in [-0.15, -0.1) is 0 Å². The van der Waals surface area contributed by atoms with Gasteiger partial charge in [-0.1, -0.05) is 128 Å². The van der Waals surface area contributed by atoms with Crippen molar-refractivity contribution in [1.29, 1.82) is 5.26 Å². The molecular formula is C45H33N3S. The smallest absolute Gasteiger partial charge is 0.160 e. The van der Waals surface area contributed by atoms with Crippen molar-refractivity contribution in [2.45, 2.75) is 47.3 Å². The Labute approximate surface area is 291 Å². The summed E-state index contributed by atoms with van der Waals surface area (Å²) in [5.74, 6) is 0.705. The van der Waals surface area contributed by atoms with E-state index in [-0.39, 0.29) is 5.41 Å². The number of hydrogen-bond donors (Lipinski definition) is 0. The molecule has 0 N–H and O–H groups in total. The fourth-order valence-corrected chi connectivity index (χ4v) is 9.19. The van der Waals surface area contributed by atoms with Crippen LogP contribution in [0.5, 0.6) is 0 Å². The summed E-state index contributed by atoms with van der Waals surface area (Å²) in [4.78, 5) is 13.0. The zero-order chi connectivity index (χ0) is 32.8. The Morgan fingerprint density at radius 3 is 2.06 bits per heavy atom. The van der Waals surface area contributed by atoms with Crippen LogP contribution in [0.15, 0.2) is 149 Å². The molecule has 234 valence electrons. The summed E-state index contributed by atoms with van der Waals surface area (Å²) >= 11 is 1.93. The average molecular weight is 648 g/mol. The van der Waals surface area contributed by atoms with E-state index in [4.69, 9.17) is 9.97 Å². The number of nitriles is 1. The van der Waals surface area contributed by atoms with Crippen molar-refractivity contribution in [3.05, 3.63) is 156 Å². The van der Waals surface area contributed by atoms with E-state index in [9.17, 15) is 5.26 Å². The van der Waals surface area contributed by atoms with Gasteiger partial charge in [-0.2, -0.15) is 5.26 Å². The van der Waals surface area contributed by atoms with Gasteiger partial charge in [0.05, 0.1) is 22.8 Å². The van der Waals surface area contributed by atoms with Crippen molar-refractivity contribution in [2.24, 2.45) is 0 Å². The molecule has 1 spiro atoms. The molecule has 1 aromatic heterocycles. The molecule has 49 heavy (non-hydrogen) atoms. The molecule has 7 aromatic rings. The third-order valence-electron chi connectivity index (χ3n) is 10.4. The number of hydrogen-bond acceptors (Lipinski definition) is 4. The fourth-order valence-electron chi connectivity index (χ4n) is 7.93. The third-order valence-corrected chi connectivity index (χ3v) is 11.5. The summed E-state index contributed by atoms with van der Waals surface area (Å²) in [6.45, 7) is 0. The second kappa shape index (κ2) is 12.2. The maximum absolute atomic E-state index is 9.45.